The van der Waals surface area contributed by atoms with E-state index in [4.69, 9.17) is 4.74 Å². The van der Waals surface area contributed by atoms with Crippen LogP contribution < -0.4 is 4.74 Å². The minimum Gasteiger partial charge on any atom is -0.493 e. The van der Waals surface area contributed by atoms with E-state index in [1.165, 1.54) is 19.3 Å². The molecule has 0 aliphatic carbocycles. The van der Waals surface area contributed by atoms with E-state index in [0.717, 1.165) is 35.1 Å². The van der Waals surface area contributed by atoms with E-state index in [1.54, 1.807) is 0 Å². The molecule has 0 radical (unpaired) electrons. The fourth-order valence-corrected chi connectivity index (χ4v) is 2.34. The molecule has 0 saturated heterocycles. The highest BCUT2D eigenvalue weighted by Gasteiger charge is 2.06. The Labute approximate surface area is 115 Å². The predicted molar refractivity (Wildman–Crippen MR) is 79.5 cm³/mol. The maximum absolute atomic E-state index is 9.45. The molecule has 0 aromatic heterocycles. The van der Waals surface area contributed by atoms with Crippen molar-refractivity contribution in [2.24, 2.45) is 0 Å². The molecular weight excluding hydrogens is 236 g/mol. The molecule has 0 bridgehead atoms. The minimum absolute atomic E-state index is 0.0492. The van der Waals surface area contributed by atoms with Crippen LogP contribution >= 0.6 is 0 Å². The van der Waals surface area contributed by atoms with E-state index in [0.29, 0.717) is 0 Å². The maximum atomic E-state index is 9.45. The number of hydrogen-bond acceptors (Lipinski definition) is 2. The number of hydrogen-bond donors (Lipinski definition) is 1. The summed E-state index contributed by atoms with van der Waals surface area (Å²) in [6.07, 6.45) is 4.81. The second-order valence-corrected chi connectivity index (χ2v) is 4.84. The molecule has 0 atom stereocenters. The molecule has 2 aromatic carbocycles. The van der Waals surface area contributed by atoms with Gasteiger partial charge in [-0.2, -0.15) is 0 Å². The number of unbranched alkanes of at least 4 members (excludes halogenated alkanes) is 3. The Morgan fingerprint density at radius 2 is 1.79 bits per heavy atom. The summed E-state index contributed by atoms with van der Waals surface area (Å²) in [7, 11) is 0. The quantitative estimate of drug-likeness (QED) is 0.751. The van der Waals surface area contributed by atoms with Gasteiger partial charge in [-0.05, 0) is 23.4 Å². The number of fused-ring (bicyclic) bond motifs is 1. The lowest BCUT2D eigenvalue weighted by atomic mass is 10.0. The summed E-state index contributed by atoms with van der Waals surface area (Å²) >= 11 is 0. The van der Waals surface area contributed by atoms with Crippen molar-refractivity contribution in [2.45, 2.75) is 39.2 Å². The van der Waals surface area contributed by atoms with Gasteiger partial charge in [0.2, 0.25) is 0 Å². The molecule has 2 aromatic rings. The van der Waals surface area contributed by atoms with Gasteiger partial charge < -0.3 is 9.84 Å². The smallest absolute Gasteiger partial charge is 0.127 e. The van der Waals surface area contributed by atoms with E-state index >= 15 is 0 Å². The molecular formula is C17H22O2. The van der Waals surface area contributed by atoms with E-state index in [2.05, 4.69) is 19.1 Å². The molecule has 102 valence electrons. The molecule has 0 unspecified atom stereocenters. The largest absolute Gasteiger partial charge is 0.493 e. The lowest BCUT2D eigenvalue weighted by Gasteiger charge is -2.11. The SMILES string of the molecule is CCCCCCOc1cccc2cccc(CO)c12. The van der Waals surface area contributed by atoms with Crippen molar-refractivity contribution >= 4 is 10.8 Å². The lowest BCUT2D eigenvalue weighted by Crippen LogP contribution is -1.99. The van der Waals surface area contributed by atoms with Crippen LogP contribution in [0.3, 0.4) is 0 Å². The molecule has 2 rings (SSSR count). The topological polar surface area (TPSA) is 29.5 Å². The molecule has 0 fully saturated rings. The monoisotopic (exact) mass is 258 g/mol. The first-order valence-corrected chi connectivity index (χ1v) is 7.11. The van der Waals surface area contributed by atoms with Crippen LogP contribution in [0.2, 0.25) is 0 Å². The van der Waals surface area contributed by atoms with Gasteiger partial charge in [0.15, 0.2) is 0 Å². The molecule has 0 aliphatic heterocycles. The van der Waals surface area contributed by atoms with Gasteiger partial charge in [-0.3, -0.25) is 0 Å². The second kappa shape index (κ2) is 7.15. The number of rotatable bonds is 7. The van der Waals surface area contributed by atoms with Crippen molar-refractivity contribution in [1.29, 1.82) is 0 Å². The number of aliphatic hydroxyl groups is 1. The van der Waals surface area contributed by atoms with Gasteiger partial charge in [-0.15, -0.1) is 0 Å². The summed E-state index contributed by atoms with van der Waals surface area (Å²) in [6.45, 7) is 3.01. The fourth-order valence-electron chi connectivity index (χ4n) is 2.34. The van der Waals surface area contributed by atoms with Gasteiger partial charge >= 0.3 is 0 Å². The highest BCUT2D eigenvalue weighted by atomic mass is 16.5. The average molecular weight is 258 g/mol. The second-order valence-electron chi connectivity index (χ2n) is 4.84. The standard InChI is InChI=1S/C17H22O2/c1-2-3-4-5-12-19-16-11-7-9-14-8-6-10-15(13-18)17(14)16/h6-11,18H,2-5,12-13H2,1H3. The van der Waals surface area contributed by atoms with Crippen molar-refractivity contribution in [3.8, 4) is 5.75 Å². The summed E-state index contributed by atoms with van der Waals surface area (Å²) < 4.78 is 5.90. The third kappa shape index (κ3) is 3.48. The van der Waals surface area contributed by atoms with Crippen LogP contribution in [0.25, 0.3) is 10.8 Å². The fraction of sp³-hybridized carbons (Fsp3) is 0.412. The molecule has 19 heavy (non-hydrogen) atoms. The van der Waals surface area contributed by atoms with E-state index in [9.17, 15) is 5.11 Å². The van der Waals surface area contributed by atoms with Crippen LogP contribution in [0.1, 0.15) is 38.2 Å². The first kappa shape index (κ1) is 13.9. The Kier molecular flexibility index (Phi) is 5.22. The van der Waals surface area contributed by atoms with Gasteiger partial charge in [0.25, 0.3) is 0 Å². The van der Waals surface area contributed by atoms with Crippen molar-refractivity contribution in [3.05, 3.63) is 42.0 Å². The highest BCUT2D eigenvalue weighted by molar-refractivity contribution is 5.91. The molecule has 0 aliphatic rings. The maximum Gasteiger partial charge on any atom is 0.127 e. The number of benzene rings is 2. The Morgan fingerprint density at radius 3 is 2.53 bits per heavy atom. The first-order chi connectivity index (χ1) is 9.36. The number of ether oxygens (including phenoxy) is 1. The summed E-state index contributed by atoms with van der Waals surface area (Å²) in [5.41, 5.74) is 0.932. The molecule has 0 amide bonds. The van der Waals surface area contributed by atoms with Crippen molar-refractivity contribution in [3.63, 3.8) is 0 Å². The highest BCUT2D eigenvalue weighted by Crippen LogP contribution is 2.29. The molecule has 2 nitrogen and oxygen atoms in total. The van der Waals surface area contributed by atoms with E-state index in [1.807, 2.05) is 24.3 Å². The Bertz CT molecular complexity index is 514. The van der Waals surface area contributed by atoms with Gasteiger partial charge in [-0.25, -0.2) is 0 Å². The van der Waals surface area contributed by atoms with E-state index in [-0.39, 0.29) is 6.61 Å². The first-order valence-electron chi connectivity index (χ1n) is 7.11. The molecule has 0 spiro atoms. The van der Waals surface area contributed by atoms with Crippen LogP contribution in [0.5, 0.6) is 5.75 Å². The zero-order chi connectivity index (χ0) is 13.5. The summed E-state index contributed by atoms with van der Waals surface area (Å²) in [5, 5.41) is 11.6. The third-order valence-electron chi connectivity index (χ3n) is 3.38. The molecule has 2 heteroatoms. The van der Waals surface area contributed by atoms with Crippen LogP contribution in [-0.4, -0.2) is 11.7 Å². The van der Waals surface area contributed by atoms with Crippen LogP contribution in [0.15, 0.2) is 36.4 Å². The third-order valence-corrected chi connectivity index (χ3v) is 3.38. The lowest BCUT2D eigenvalue weighted by molar-refractivity contribution is 0.281. The zero-order valence-corrected chi connectivity index (χ0v) is 11.6. The van der Waals surface area contributed by atoms with Crippen molar-refractivity contribution < 1.29 is 9.84 Å². The van der Waals surface area contributed by atoms with Crippen LogP contribution in [-0.2, 0) is 6.61 Å². The summed E-state index contributed by atoms with van der Waals surface area (Å²) in [4.78, 5) is 0. The Balaban J connectivity index is 2.13. The normalized spacial score (nSPS) is 10.8. The van der Waals surface area contributed by atoms with Gasteiger partial charge in [0.1, 0.15) is 5.75 Å². The van der Waals surface area contributed by atoms with E-state index < -0.39 is 0 Å². The zero-order valence-electron chi connectivity index (χ0n) is 11.6. The minimum atomic E-state index is 0.0492. The van der Waals surface area contributed by atoms with Gasteiger partial charge in [0, 0.05) is 5.39 Å². The van der Waals surface area contributed by atoms with Gasteiger partial charge in [-0.1, -0.05) is 56.5 Å². The Hall–Kier alpha value is -1.54. The molecule has 1 N–H and O–H groups in total. The van der Waals surface area contributed by atoms with Crippen molar-refractivity contribution in [2.75, 3.05) is 6.61 Å². The summed E-state index contributed by atoms with van der Waals surface area (Å²) in [6, 6.07) is 12.0. The predicted octanol–water partition coefficient (Wildman–Crippen LogP) is 4.29. The number of aliphatic hydroxyl groups excluding tert-OH is 1. The van der Waals surface area contributed by atoms with Crippen molar-refractivity contribution in [1.82, 2.24) is 0 Å². The average Bonchev–Trinajstić information content (AvgIpc) is 2.46. The molecule has 0 saturated carbocycles. The summed E-state index contributed by atoms with van der Waals surface area (Å²) in [5.74, 6) is 0.888. The van der Waals surface area contributed by atoms with Crippen LogP contribution in [0, 0.1) is 0 Å². The van der Waals surface area contributed by atoms with Gasteiger partial charge in [0.05, 0.1) is 13.2 Å². The molecule has 0 heterocycles. The van der Waals surface area contributed by atoms with Crippen LogP contribution in [0.4, 0.5) is 0 Å². The Morgan fingerprint density at radius 1 is 1.00 bits per heavy atom.